The van der Waals surface area contributed by atoms with Crippen molar-refractivity contribution in [3.05, 3.63) is 77.2 Å². The minimum atomic E-state index is -4.39. The Labute approximate surface area is 157 Å². The Hall–Kier alpha value is -3.13. The number of nitrogens with zero attached hydrogens (tertiary/aromatic N) is 2. The quantitative estimate of drug-likeness (QED) is 0.644. The highest BCUT2D eigenvalue weighted by Crippen LogP contribution is 2.30. The van der Waals surface area contributed by atoms with E-state index in [0.717, 1.165) is 12.1 Å². The van der Waals surface area contributed by atoms with Crippen LogP contribution in [-0.2, 0) is 6.18 Å². The molecule has 1 aromatic heterocycles. The lowest BCUT2D eigenvalue weighted by molar-refractivity contribution is -0.137. The van der Waals surface area contributed by atoms with Crippen molar-refractivity contribution < 1.29 is 18.0 Å². The van der Waals surface area contributed by atoms with E-state index in [0.29, 0.717) is 16.4 Å². The van der Waals surface area contributed by atoms with E-state index in [1.165, 1.54) is 24.5 Å². The van der Waals surface area contributed by atoms with Gasteiger partial charge in [-0.1, -0.05) is 11.6 Å². The summed E-state index contributed by atoms with van der Waals surface area (Å²) >= 11 is 5.78. The third-order valence-corrected chi connectivity index (χ3v) is 3.72. The van der Waals surface area contributed by atoms with Crippen LogP contribution in [0.5, 0.6) is 0 Å². The molecule has 2 aromatic carbocycles. The first-order valence-corrected chi connectivity index (χ1v) is 8.02. The number of carbonyl (C=O) groups is 1. The van der Waals surface area contributed by atoms with E-state index in [4.69, 9.17) is 11.6 Å². The minimum absolute atomic E-state index is 0.0860. The molecule has 27 heavy (non-hydrogen) atoms. The summed E-state index contributed by atoms with van der Waals surface area (Å²) in [4.78, 5) is 20.2. The third-order valence-electron chi connectivity index (χ3n) is 3.47. The van der Waals surface area contributed by atoms with E-state index in [1.54, 1.807) is 24.3 Å². The lowest BCUT2D eigenvalue weighted by Gasteiger charge is -2.09. The standard InChI is InChI=1S/C18H12ClF3N4O/c19-12-3-7-14(8-4-12)26-17(27)15-9-24-16(10-23-15)25-13-5-1-11(2-6-13)18(20,21)22/h1-10H,(H,24,25)(H,26,27). The predicted octanol–water partition coefficient (Wildman–Crippen LogP) is 5.14. The van der Waals surface area contributed by atoms with Crippen LogP contribution in [-0.4, -0.2) is 15.9 Å². The van der Waals surface area contributed by atoms with E-state index in [-0.39, 0.29) is 11.5 Å². The van der Waals surface area contributed by atoms with Gasteiger partial charge < -0.3 is 10.6 Å². The third kappa shape index (κ3) is 4.95. The second-order valence-corrected chi connectivity index (χ2v) is 5.88. The molecule has 3 aromatic rings. The van der Waals surface area contributed by atoms with Crippen LogP contribution in [0.4, 0.5) is 30.4 Å². The Morgan fingerprint density at radius 2 is 1.52 bits per heavy atom. The lowest BCUT2D eigenvalue weighted by Crippen LogP contribution is -2.14. The number of amides is 1. The average Bonchev–Trinajstić information content (AvgIpc) is 2.64. The average molecular weight is 393 g/mol. The summed E-state index contributed by atoms with van der Waals surface area (Å²) in [5, 5.41) is 6.01. The molecule has 3 rings (SSSR count). The van der Waals surface area contributed by atoms with Crippen LogP contribution in [0.25, 0.3) is 0 Å². The van der Waals surface area contributed by atoms with Gasteiger partial charge in [0.2, 0.25) is 0 Å². The van der Waals surface area contributed by atoms with Crippen molar-refractivity contribution in [1.29, 1.82) is 0 Å². The highest BCUT2D eigenvalue weighted by molar-refractivity contribution is 6.30. The molecule has 0 radical (unpaired) electrons. The second kappa shape index (κ2) is 7.63. The zero-order valence-corrected chi connectivity index (χ0v) is 14.3. The Kier molecular flexibility index (Phi) is 5.27. The number of hydrogen-bond acceptors (Lipinski definition) is 4. The molecule has 0 saturated heterocycles. The summed E-state index contributed by atoms with van der Waals surface area (Å²) in [6, 6.07) is 11.1. The first kappa shape index (κ1) is 18.7. The number of anilines is 3. The van der Waals surface area contributed by atoms with Gasteiger partial charge in [-0.15, -0.1) is 0 Å². The molecule has 0 unspecified atom stereocenters. The van der Waals surface area contributed by atoms with Crippen molar-refractivity contribution in [2.45, 2.75) is 6.18 Å². The van der Waals surface area contributed by atoms with Gasteiger partial charge in [-0.05, 0) is 48.5 Å². The molecule has 0 aliphatic carbocycles. The smallest absolute Gasteiger partial charge is 0.339 e. The minimum Gasteiger partial charge on any atom is -0.339 e. The monoisotopic (exact) mass is 392 g/mol. The molecule has 0 spiro atoms. The maximum Gasteiger partial charge on any atom is 0.416 e. The Morgan fingerprint density at radius 3 is 2.07 bits per heavy atom. The number of nitrogens with one attached hydrogen (secondary N) is 2. The van der Waals surface area contributed by atoms with E-state index < -0.39 is 17.6 Å². The van der Waals surface area contributed by atoms with E-state index >= 15 is 0 Å². The van der Waals surface area contributed by atoms with Gasteiger partial charge in [0.25, 0.3) is 5.91 Å². The van der Waals surface area contributed by atoms with Crippen LogP contribution in [0.2, 0.25) is 5.02 Å². The van der Waals surface area contributed by atoms with E-state index in [1.807, 2.05) is 0 Å². The number of rotatable bonds is 4. The van der Waals surface area contributed by atoms with Gasteiger partial charge in [0, 0.05) is 16.4 Å². The molecule has 0 fully saturated rings. The SMILES string of the molecule is O=C(Nc1ccc(Cl)cc1)c1cnc(Nc2ccc(C(F)(F)F)cc2)cn1. The zero-order valence-electron chi connectivity index (χ0n) is 13.6. The highest BCUT2D eigenvalue weighted by Gasteiger charge is 2.29. The van der Waals surface area contributed by atoms with E-state index in [2.05, 4.69) is 20.6 Å². The molecule has 1 heterocycles. The molecule has 0 aliphatic rings. The van der Waals surface area contributed by atoms with Crippen LogP contribution < -0.4 is 10.6 Å². The van der Waals surface area contributed by atoms with Gasteiger partial charge in [-0.25, -0.2) is 9.97 Å². The Balaban J connectivity index is 1.64. The number of halogens is 4. The fraction of sp³-hybridized carbons (Fsp3) is 0.0556. The molecule has 1 amide bonds. The number of carbonyl (C=O) groups excluding carboxylic acids is 1. The Bertz CT molecular complexity index is 927. The summed E-state index contributed by atoms with van der Waals surface area (Å²) < 4.78 is 37.7. The summed E-state index contributed by atoms with van der Waals surface area (Å²) in [6.07, 6.45) is -1.82. The maximum absolute atomic E-state index is 12.6. The van der Waals surface area contributed by atoms with Crippen LogP contribution in [0.15, 0.2) is 60.9 Å². The molecular formula is C18H12ClF3N4O. The van der Waals surface area contributed by atoms with Gasteiger partial charge in [0.15, 0.2) is 0 Å². The number of hydrogen-bond donors (Lipinski definition) is 2. The number of benzene rings is 2. The lowest BCUT2D eigenvalue weighted by atomic mass is 10.2. The van der Waals surface area contributed by atoms with Gasteiger partial charge in [-0.3, -0.25) is 4.79 Å². The molecule has 0 aliphatic heterocycles. The van der Waals surface area contributed by atoms with Crippen LogP contribution in [0.3, 0.4) is 0 Å². The first-order chi connectivity index (χ1) is 12.8. The maximum atomic E-state index is 12.6. The van der Waals surface area contributed by atoms with Crippen molar-refractivity contribution in [1.82, 2.24) is 9.97 Å². The molecule has 9 heteroatoms. The normalized spacial score (nSPS) is 11.1. The van der Waals surface area contributed by atoms with Gasteiger partial charge in [-0.2, -0.15) is 13.2 Å². The summed E-state index contributed by atoms with van der Waals surface area (Å²) in [7, 11) is 0. The summed E-state index contributed by atoms with van der Waals surface area (Å²) in [5.41, 5.74) is 0.310. The molecule has 0 saturated carbocycles. The highest BCUT2D eigenvalue weighted by atomic mass is 35.5. The fourth-order valence-electron chi connectivity index (χ4n) is 2.13. The molecule has 138 valence electrons. The molecular weight excluding hydrogens is 381 g/mol. The Morgan fingerprint density at radius 1 is 0.889 bits per heavy atom. The molecule has 0 atom stereocenters. The topological polar surface area (TPSA) is 66.9 Å². The van der Waals surface area contributed by atoms with Crippen LogP contribution >= 0.6 is 11.6 Å². The second-order valence-electron chi connectivity index (χ2n) is 5.45. The van der Waals surface area contributed by atoms with Gasteiger partial charge >= 0.3 is 6.18 Å². The van der Waals surface area contributed by atoms with Gasteiger partial charge in [0.05, 0.1) is 18.0 Å². The summed E-state index contributed by atoms with van der Waals surface area (Å²) in [6.45, 7) is 0. The number of alkyl halides is 3. The number of aromatic nitrogens is 2. The molecule has 2 N–H and O–H groups in total. The van der Waals surface area contributed by atoms with Crippen molar-refractivity contribution in [2.24, 2.45) is 0 Å². The molecule has 5 nitrogen and oxygen atoms in total. The molecule has 0 bridgehead atoms. The van der Waals surface area contributed by atoms with Crippen LogP contribution in [0.1, 0.15) is 16.1 Å². The van der Waals surface area contributed by atoms with Crippen molar-refractivity contribution in [3.63, 3.8) is 0 Å². The summed E-state index contributed by atoms with van der Waals surface area (Å²) in [5.74, 6) is -0.163. The largest absolute Gasteiger partial charge is 0.416 e. The fourth-order valence-corrected chi connectivity index (χ4v) is 2.25. The van der Waals surface area contributed by atoms with Crippen molar-refractivity contribution in [3.8, 4) is 0 Å². The first-order valence-electron chi connectivity index (χ1n) is 7.64. The predicted molar refractivity (Wildman–Crippen MR) is 96.2 cm³/mol. The van der Waals surface area contributed by atoms with Crippen molar-refractivity contribution >= 4 is 34.7 Å². The van der Waals surface area contributed by atoms with E-state index in [9.17, 15) is 18.0 Å². The van der Waals surface area contributed by atoms with Gasteiger partial charge in [0.1, 0.15) is 11.5 Å². The van der Waals surface area contributed by atoms with Crippen LogP contribution in [0, 0.1) is 0 Å². The zero-order chi connectivity index (χ0) is 19.4. The van der Waals surface area contributed by atoms with Crippen molar-refractivity contribution in [2.75, 3.05) is 10.6 Å².